The zero-order chi connectivity index (χ0) is 20.1. The fraction of sp³-hybridized carbons (Fsp3) is 0.0500. The Balaban J connectivity index is 1.84. The molecule has 2 N–H and O–H groups in total. The minimum absolute atomic E-state index is 0.0344. The molecule has 3 rings (SSSR count). The first kappa shape index (κ1) is 18.7. The number of carbonyl (C=O) groups excluding carboxylic acids is 2. The molecule has 0 atom stereocenters. The monoisotopic (exact) mass is 376 g/mol. The van der Waals surface area contributed by atoms with Gasteiger partial charge >= 0.3 is 0 Å². The molecule has 2 aromatic carbocycles. The summed E-state index contributed by atoms with van der Waals surface area (Å²) in [4.78, 5) is 34.1. The Morgan fingerprint density at radius 2 is 1.96 bits per heavy atom. The van der Waals surface area contributed by atoms with E-state index >= 15 is 0 Å². The number of nitro groups is 1. The summed E-state index contributed by atoms with van der Waals surface area (Å²) in [6, 6.07) is 12.7. The van der Waals surface area contributed by atoms with Crippen LogP contribution >= 0.6 is 0 Å². The van der Waals surface area contributed by atoms with Gasteiger partial charge in [0.25, 0.3) is 5.69 Å². The summed E-state index contributed by atoms with van der Waals surface area (Å²) in [6.07, 6.45) is 4.51. The molecule has 0 aliphatic rings. The van der Waals surface area contributed by atoms with Crippen molar-refractivity contribution in [3.05, 3.63) is 82.0 Å². The molecule has 0 aliphatic heterocycles. The molecule has 1 heterocycles. The van der Waals surface area contributed by atoms with Gasteiger partial charge in [-0.15, -0.1) is 0 Å². The van der Waals surface area contributed by atoms with Gasteiger partial charge in [0.2, 0.25) is 5.91 Å². The van der Waals surface area contributed by atoms with E-state index in [1.165, 1.54) is 31.3 Å². The molecule has 0 bridgehead atoms. The Morgan fingerprint density at radius 1 is 1.18 bits per heavy atom. The number of carbonyl (C=O) groups is 2. The number of benzene rings is 2. The molecule has 140 valence electrons. The SMILES string of the molecule is CC(=O)Nc1cccc(C(=O)/C=C/c2cn[nH]c2-c2cccc([N+](=O)[O-])c2)c1. The Labute approximate surface area is 160 Å². The number of aromatic nitrogens is 2. The van der Waals surface area contributed by atoms with Crippen LogP contribution in [-0.4, -0.2) is 26.8 Å². The van der Waals surface area contributed by atoms with Crippen molar-refractivity contribution in [3.8, 4) is 11.3 Å². The van der Waals surface area contributed by atoms with E-state index < -0.39 is 4.92 Å². The van der Waals surface area contributed by atoms with Crippen LogP contribution in [0.25, 0.3) is 17.3 Å². The lowest BCUT2D eigenvalue weighted by Crippen LogP contribution is -2.06. The quantitative estimate of drug-likeness (QED) is 0.293. The Bertz CT molecular complexity index is 1090. The third kappa shape index (κ3) is 4.36. The van der Waals surface area contributed by atoms with Crippen LogP contribution in [0.3, 0.4) is 0 Å². The van der Waals surface area contributed by atoms with E-state index in [2.05, 4.69) is 15.5 Å². The molecule has 0 unspecified atom stereocenters. The van der Waals surface area contributed by atoms with E-state index in [0.29, 0.717) is 28.1 Å². The van der Waals surface area contributed by atoms with Crippen molar-refractivity contribution in [2.75, 3.05) is 5.32 Å². The highest BCUT2D eigenvalue weighted by atomic mass is 16.6. The summed E-state index contributed by atoms with van der Waals surface area (Å²) >= 11 is 0. The first-order valence-corrected chi connectivity index (χ1v) is 8.32. The third-order valence-electron chi connectivity index (χ3n) is 3.90. The zero-order valence-electron chi connectivity index (χ0n) is 14.9. The topological polar surface area (TPSA) is 118 Å². The highest BCUT2D eigenvalue weighted by molar-refractivity contribution is 6.08. The van der Waals surface area contributed by atoms with Gasteiger partial charge in [-0.25, -0.2) is 0 Å². The van der Waals surface area contributed by atoms with Crippen molar-refractivity contribution in [1.82, 2.24) is 10.2 Å². The van der Waals surface area contributed by atoms with Crippen molar-refractivity contribution in [2.45, 2.75) is 6.92 Å². The molecule has 0 aliphatic carbocycles. The number of H-pyrrole nitrogens is 1. The number of non-ortho nitro benzene ring substituents is 1. The second kappa shape index (κ2) is 8.09. The highest BCUT2D eigenvalue weighted by Gasteiger charge is 2.11. The summed E-state index contributed by atoms with van der Waals surface area (Å²) in [5.74, 6) is -0.474. The Hall–Kier alpha value is -4.07. The summed E-state index contributed by atoms with van der Waals surface area (Å²) in [6.45, 7) is 1.39. The minimum atomic E-state index is -0.471. The van der Waals surface area contributed by atoms with Crippen LogP contribution in [0.15, 0.2) is 60.8 Å². The highest BCUT2D eigenvalue weighted by Crippen LogP contribution is 2.26. The second-order valence-corrected chi connectivity index (χ2v) is 5.97. The van der Waals surface area contributed by atoms with Crippen LogP contribution in [0.1, 0.15) is 22.8 Å². The average Bonchev–Trinajstić information content (AvgIpc) is 3.14. The molecular formula is C20H16N4O4. The lowest BCUT2D eigenvalue weighted by molar-refractivity contribution is -0.384. The number of rotatable bonds is 6. The second-order valence-electron chi connectivity index (χ2n) is 5.97. The number of aromatic amines is 1. The van der Waals surface area contributed by atoms with E-state index in [0.717, 1.165) is 0 Å². The summed E-state index contributed by atoms with van der Waals surface area (Å²) in [5, 5.41) is 20.4. The molecule has 8 heteroatoms. The van der Waals surface area contributed by atoms with Gasteiger partial charge in [-0.3, -0.25) is 24.8 Å². The lowest BCUT2D eigenvalue weighted by atomic mass is 10.1. The molecule has 3 aromatic rings. The number of ketones is 1. The van der Waals surface area contributed by atoms with Crippen molar-refractivity contribution in [3.63, 3.8) is 0 Å². The third-order valence-corrected chi connectivity index (χ3v) is 3.90. The van der Waals surface area contributed by atoms with E-state index in [9.17, 15) is 19.7 Å². The molecule has 0 saturated heterocycles. The van der Waals surface area contributed by atoms with Crippen LogP contribution in [-0.2, 0) is 4.79 Å². The van der Waals surface area contributed by atoms with Crippen molar-refractivity contribution < 1.29 is 14.5 Å². The number of hydrogen-bond acceptors (Lipinski definition) is 5. The molecule has 0 saturated carbocycles. The van der Waals surface area contributed by atoms with Crippen molar-refractivity contribution in [2.24, 2.45) is 0 Å². The molecular weight excluding hydrogens is 360 g/mol. The van der Waals surface area contributed by atoms with E-state index in [4.69, 9.17) is 0 Å². The molecule has 1 amide bonds. The minimum Gasteiger partial charge on any atom is -0.326 e. The molecule has 0 radical (unpaired) electrons. The molecule has 8 nitrogen and oxygen atoms in total. The van der Waals surface area contributed by atoms with Gasteiger partial charge in [-0.1, -0.05) is 24.3 Å². The van der Waals surface area contributed by atoms with E-state index in [-0.39, 0.29) is 17.4 Å². The number of nitrogens with zero attached hydrogens (tertiary/aromatic N) is 2. The zero-order valence-corrected chi connectivity index (χ0v) is 14.9. The van der Waals surface area contributed by atoms with Gasteiger partial charge in [-0.2, -0.15) is 5.10 Å². The first-order chi connectivity index (χ1) is 13.4. The molecule has 28 heavy (non-hydrogen) atoms. The standard InChI is InChI=1S/C20H16N4O4/c1-13(25)22-17-6-2-4-14(10-17)19(26)9-8-16-12-21-23-20(16)15-5-3-7-18(11-15)24(27)28/h2-12H,1H3,(H,21,23)(H,22,25)/b9-8+. The maximum atomic E-state index is 12.4. The maximum absolute atomic E-state index is 12.4. The first-order valence-electron chi connectivity index (χ1n) is 8.32. The van der Waals surface area contributed by atoms with Crippen LogP contribution in [0, 0.1) is 10.1 Å². The Kier molecular flexibility index (Phi) is 5.40. The van der Waals surface area contributed by atoms with Crippen molar-refractivity contribution >= 4 is 29.1 Å². The summed E-state index contributed by atoms with van der Waals surface area (Å²) in [7, 11) is 0. The lowest BCUT2D eigenvalue weighted by Gasteiger charge is -2.03. The van der Waals surface area contributed by atoms with E-state index in [1.807, 2.05) is 0 Å². The predicted octanol–water partition coefficient (Wildman–Crippen LogP) is 3.84. The van der Waals surface area contributed by atoms with Gasteiger partial charge in [-0.05, 0) is 24.3 Å². The number of anilines is 1. The normalized spacial score (nSPS) is 10.8. The number of nitrogens with one attached hydrogen (secondary N) is 2. The van der Waals surface area contributed by atoms with Crippen LogP contribution in [0.5, 0.6) is 0 Å². The number of hydrogen-bond donors (Lipinski definition) is 2. The van der Waals surface area contributed by atoms with Crippen LogP contribution in [0.2, 0.25) is 0 Å². The van der Waals surface area contributed by atoms with Gasteiger partial charge in [0.15, 0.2) is 5.78 Å². The summed E-state index contributed by atoms with van der Waals surface area (Å²) in [5.41, 5.74) is 2.70. The Morgan fingerprint density at radius 3 is 2.71 bits per heavy atom. The molecule has 1 aromatic heterocycles. The largest absolute Gasteiger partial charge is 0.326 e. The number of allylic oxidation sites excluding steroid dienone is 1. The maximum Gasteiger partial charge on any atom is 0.270 e. The van der Waals surface area contributed by atoms with Crippen LogP contribution in [0.4, 0.5) is 11.4 Å². The van der Waals surface area contributed by atoms with Gasteiger partial charge < -0.3 is 5.32 Å². The fourth-order valence-corrected chi connectivity index (χ4v) is 2.64. The molecule has 0 fully saturated rings. The van der Waals surface area contributed by atoms with Crippen molar-refractivity contribution in [1.29, 1.82) is 0 Å². The van der Waals surface area contributed by atoms with Gasteiger partial charge in [0.05, 0.1) is 16.8 Å². The number of amides is 1. The smallest absolute Gasteiger partial charge is 0.270 e. The average molecular weight is 376 g/mol. The van der Waals surface area contributed by atoms with Gasteiger partial charge in [0, 0.05) is 41.4 Å². The molecule has 0 spiro atoms. The van der Waals surface area contributed by atoms with Crippen LogP contribution < -0.4 is 5.32 Å². The van der Waals surface area contributed by atoms with Gasteiger partial charge in [0.1, 0.15) is 0 Å². The summed E-state index contributed by atoms with van der Waals surface area (Å²) < 4.78 is 0. The van der Waals surface area contributed by atoms with E-state index in [1.54, 1.807) is 42.5 Å². The fourth-order valence-electron chi connectivity index (χ4n) is 2.64. The predicted molar refractivity (Wildman–Crippen MR) is 105 cm³/mol. The number of nitro benzene ring substituents is 1.